The number of benzene rings is 1. The summed E-state index contributed by atoms with van der Waals surface area (Å²) in [5.41, 5.74) is -0.920. The molecule has 7 heteroatoms. The number of rotatable bonds is 2. The van der Waals surface area contributed by atoms with E-state index in [1.165, 1.54) is 0 Å². The van der Waals surface area contributed by atoms with E-state index in [1.54, 1.807) is 0 Å². The van der Waals surface area contributed by atoms with Crippen molar-refractivity contribution in [1.82, 2.24) is 0 Å². The number of hydrogen-bond acceptors (Lipinski definition) is 2. The summed E-state index contributed by atoms with van der Waals surface area (Å²) in [6, 6.07) is 2.79. The molecule has 1 N–H and O–H groups in total. The van der Waals surface area contributed by atoms with Gasteiger partial charge in [0.25, 0.3) is 5.91 Å². The Hall–Kier alpha value is -1.27. The first-order valence-corrected chi connectivity index (χ1v) is 6.05. The first kappa shape index (κ1) is 14.1. The van der Waals surface area contributed by atoms with Crippen LogP contribution in [-0.4, -0.2) is 18.6 Å². The summed E-state index contributed by atoms with van der Waals surface area (Å²) in [6.45, 7) is 0.481. The standard InChI is InChI=1S/C12H11ClF3NO2/c13-8-4-3-7(12(14,15)16)6-9(8)17-11(18)10-2-1-5-19-10/h3-4,6,10H,1-2,5H2,(H,17,18)/t10-/m1/s1. The third-order valence-electron chi connectivity index (χ3n) is 2.77. The van der Waals surface area contributed by atoms with Crippen molar-refractivity contribution in [3.05, 3.63) is 28.8 Å². The number of anilines is 1. The van der Waals surface area contributed by atoms with Crippen molar-refractivity contribution in [2.75, 3.05) is 11.9 Å². The molecule has 0 aliphatic carbocycles. The molecule has 2 rings (SSSR count). The van der Waals surface area contributed by atoms with Gasteiger partial charge in [-0.15, -0.1) is 0 Å². The fourth-order valence-electron chi connectivity index (χ4n) is 1.80. The minimum absolute atomic E-state index is 0.0550. The van der Waals surface area contributed by atoms with Crippen LogP contribution < -0.4 is 5.32 Å². The van der Waals surface area contributed by atoms with Crippen LogP contribution in [0, 0.1) is 0 Å². The molecule has 0 radical (unpaired) electrons. The largest absolute Gasteiger partial charge is 0.416 e. The summed E-state index contributed by atoms with van der Waals surface area (Å²) in [4.78, 5) is 11.8. The molecule has 1 aliphatic heterocycles. The van der Waals surface area contributed by atoms with E-state index in [2.05, 4.69) is 5.32 Å². The first-order valence-electron chi connectivity index (χ1n) is 5.67. The highest BCUT2D eigenvalue weighted by atomic mass is 35.5. The third-order valence-corrected chi connectivity index (χ3v) is 3.10. The monoisotopic (exact) mass is 293 g/mol. The summed E-state index contributed by atoms with van der Waals surface area (Å²) in [5.74, 6) is -0.473. The quantitative estimate of drug-likeness (QED) is 0.906. The van der Waals surface area contributed by atoms with E-state index < -0.39 is 23.8 Å². The van der Waals surface area contributed by atoms with Crippen LogP contribution in [-0.2, 0) is 15.7 Å². The van der Waals surface area contributed by atoms with Crippen molar-refractivity contribution < 1.29 is 22.7 Å². The zero-order valence-electron chi connectivity index (χ0n) is 9.76. The Morgan fingerprint density at radius 2 is 2.16 bits per heavy atom. The predicted octanol–water partition coefficient (Wildman–Crippen LogP) is 3.48. The summed E-state index contributed by atoms with van der Waals surface area (Å²) in [5, 5.41) is 2.42. The molecular weight excluding hydrogens is 283 g/mol. The van der Waals surface area contributed by atoms with E-state index in [1.807, 2.05) is 0 Å². The Morgan fingerprint density at radius 3 is 2.74 bits per heavy atom. The van der Waals surface area contributed by atoms with Gasteiger partial charge in [0.1, 0.15) is 6.10 Å². The average Bonchev–Trinajstić information content (AvgIpc) is 2.84. The van der Waals surface area contributed by atoms with Crippen molar-refractivity contribution in [3.8, 4) is 0 Å². The van der Waals surface area contributed by atoms with E-state index >= 15 is 0 Å². The number of nitrogens with one attached hydrogen (secondary N) is 1. The third kappa shape index (κ3) is 3.39. The van der Waals surface area contributed by atoms with Crippen LogP contribution in [0.15, 0.2) is 18.2 Å². The van der Waals surface area contributed by atoms with Crippen LogP contribution in [0.5, 0.6) is 0 Å². The Bertz CT molecular complexity index is 484. The Kier molecular flexibility index (Phi) is 4.01. The first-order chi connectivity index (χ1) is 8.88. The maximum Gasteiger partial charge on any atom is 0.416 e. The molecule has 1 fully saturated rings. The van der Waals surface area contributed by atoms with Gasteiger partial charge in [-0.25, -0.2) is 0 Å². The van der Waals surface area contributed by atoms with Crippen molar-refractivity contribution >= 4 is 23.2 Å². The Morgan fingerprint density at radius 1 is 1.42 bits per heavy atom. The topological polar surface area (TPSA) is 38.3 Å². The van der Waals surface area contributed by atoms with E-state index in [0.29, 0.717) is 13.0 Å². The van der Waals surface area contributed by atoms with Crippen molar-refractivity contribution in [1.29, 1.82) is 0 Å². The fraction of sp³-hybridized carbons (Fsp3) is 0.417. The van der Waals surface area contributed by atoms with Gasteiger partial charge in [-0.2, -0.15) is 13.2 Å². The minimum Gasteiger partial charge on any atom is -0.368 e. The van der Waals surface area contributed by atoms with E-state index in [0.717, 1.165) is 24.6 Å². The van der Waals surface area contributed by atoms with Gasteiger partial charge < -0.3 is 10.1 Å². The highest BCUT2D eigenvalue weighted by Crippen LogP contribution is 2.34. The lowest BCUT2D eigenvalue weighted by molar-refractivity contribution is -0.137. The molecule has 0 unspecified atom stereocenters. The number of hydrogen-bond donors (Lipinski definition) is 1. The van der Waals surface area contributed by atoms with Gasteiger partial charge in [0.05, 0.1) is 16.3 Å². The summed E-state index contributed by atoms with van der Waals surface area (Å²) in [6.07, 6.45) is -3.78. The Labute approximate surface area is 112 Å². The number of ether oxygens (including phenoxy) is 1. The van der Waals surface area contributed by atoms with Crippen LogP contribution in [0.2, 0.25) is 5.02 Å². The molecule has 0 saturated carbocycles. The number of carbonyl (C=O) groups is 1. The van der Waals surface area contributed by atoms with Crippen LogP contribution in [0.3, 0.4) is 0 Å². The van der Waals surface area contributed by atoms with E-state index in [4.69, 9.17) is 16.3 Å². The molecule has 19 heavy (non-hydrogen) atoms. The average molecular weight is 294 g/mol. The van der Waals surface area contributed by atoms with Crippen molar-refractivity contribution in [2.24, 2.45) is 0 Å². The lowest BCUT2D eigenvalue weighted by atomic mass is 10.1. The maximum atomic E-state index is 12.6. The molecular formula is C12H11ClF3NO2. The second-order valence-electron chi connectivity index (χ2n) is 4.18. The van der Waals surface area contributed by atoms with Crippen LogP contribution in [0.25, 0.3) is 0 Å². The number of alkyl halides is 3. The molecule has 1 aliphatic rings. The number of amides is 1. The highest BCUT2D eigenvalue weighted by molar-refractivity contribution is 6.33. The molecule has 3 nitrogen and oxygen atoms in total. The molecule has 1 amide bonds. The molecule has 0 spiro atoms. The second-order valence-corrected chi connectivity index (χ2v) is 4.59. The SMILES string of the molecule is O=C(Nc1cc(C(F)(F)F)ccc1Cl)[C@H]1CCCO1. The van der Waals surface area contributed by atoms with Gasteiger partial charge in [-0.1, -0.05) is 11.6 Å². The molecule has 1 heterocycles. The molecule has 1 aromatic carbocycles. The molecule has 0 aromatic heterocycles. The zero-order valence-corrected chi connectivity index (χ0v) is 10.5. The van der Waals surface area contributed by atoms with Crippen LogP contribution in [0.1, 0.15) is 18.4 Å². The molecule has 1 atom stereocenters. The summed E-state index contributed by atoms with van der Waals surface area (Å²) in [7, 11) is 0. The normalized spacial score (nSPS) is 19.5. The van der Waals surface area contributed by atoms with Gasteiger partial charge in [0.2, 0.25) is 0 Å². The maximum absolute atomic E-state index is 12.6. The molecule has 0 bridgehead atoms. The van der Waals surface area contributed by atoms with Crippen LogP contribution in [0.4, 0.5) is 18.9 Å². The highest BCUT2D eigenvalue weighted by Gasteiger charge is 2.31. The van der Waals surface area contributed by atoms with E-state index in [-0.39, 0.29) is 10.7 Å². The molecule has 1 aromatic rings. The van der Waals surface area contributed by atoms with Crippen molar-refractivity contribution in [2.45, 2.75) is 25.1 Å². The number of carbonyl (C=O) groups excluding carboxylic acids is 1. The second kappa shape index (κ2) is 5.38. The lowest BCUT2D eigenvalue weighted by Crippen LogP contribution is -2.27. The van der Waals surface area contributed by atoms with E-state index in [9.17, 15) is 18.0 Å². The van der Waals surface area contributed by atoms with Gasteiger partial charge in [0.15, 0.2) is 0 Å². The summed E-state index contributed by atoms with van der Waals surface area (Å²) < 4.78 is 42.8. The van der Waals surface area contributed by atoms with Gasteiger partial charge in [-0.3, -0.25) is 4.79 Å². The lowest BCUT2D eigenvalue weighted by Gasteiger charge is -2.14. The number of halogens is 4. The fourth-order valence-corrected chi connectivity index (χ4v) is 1.96. The predicted molar refractivity (Wildman–Crippen MR) is 64.1 cm³/mol. The van der Waals surface area contributed by atoms with Gasteiger partial charge >= 0.3 is 6.18 Å². The summed E-state index contributed by atoms with van der Waals surface area (Å²) >= 11 is 5.77. The smallest absolute Gasteiger partial charge is 0.368 e. The molecule has 104 valence electrons. The van der Waals surface area contributed by atoms with Gasteiger partial charge in [-0.05, 0) is 31.0 Å². The van der Waals surface area contributed by atoms with Crippen molar-refractivity contribution in [3.63, 3.8) is 0 Å². The van der Waals surface area contributed by atoms with Crippen LogP contribution >= 0.6 is 11.6 Å². The zero-order chi connectivity index (χ0) is 14.0. The van der Waals surface area contributed by atoms with Gasteiger partial charge in [0, 0.05) is 6.61 Å². The Balaban J connectivity index is 2.17. The minimum atomic E-state index is -4.48. The molecule has 1 saturated heterocycles.